The van der Waals surface area contributed by atoms with Crippen LogP contribution in [0.2, 0.25) is 0 Å². The standard InChI is InChI=1S/C13H19NO4/c1-3-17-11-5-10(6-11)14-7-9-4-12(13(15)16)18-8(9)2/h4,10-11,14H,3,5-7H2,1-2H3,(H,15,16). The molecule has 1 aliphatic rings. The minimum absolute atomic E-state index is 0.00472. The summed E-state index contributed by atoms with van der Waals surface area (Å²) in [4.78, 5) is 10.8. The molecule has 1 fully saturated rings. The van der Waals surface area contributed by atoms with Crippen LogP contribution in [-0.2, 0) is 11.3 Å². The van der Waals surface area contributed by atoms with E-state index in [4.69, 9.17) is 14.3 Å². The summed E-state index contributed by atoms with van der Waals surface area (Å²) in [6.45, 7) is 5.20. The summed E-state index contributed by atoms with van der Waals surface area (Å²) in [6.07, 6.45) is 2.43. The fraction of sp³-hybridized carbons (Fsp3) is 0.615. The van der Waals surface area contributed by atoms with Crippen LogP contribution in [0.25, 0.3) is 0 Å². The highest BCUT2D eigenvalue weighted by Gasteiger charge is 2.29. The number of ether oxygens (including phenoxy) is 1. The van der Waals surface area contributed by atoms with E-state index in [9.17, 15) is 4.79 Å². The van der Waals surface area contributed by atoms with E-state index >= 15 is 0 Å². The van der Waals surface area contributed by atoms with Crippen molar-refractivity contribution in [2.24, 2.45) is 0 Å². The van der Waals surface area contributed by atoms with E-state index in [2.05, 4.69) is 5.32 Å². The fourth-order valence-corrected chi connectivity index (χ4v) is 2.16. The molecule has 0 saturated heterocycles. The number of furan rings is 1. The molecule has 5 heteroatoms. The Bertz CT molecular complexity index is 421. The predicted octanol–water partition coefficient (Wildman–Crippen LogP) is 1.94. The second-order valence-electron chi connectivity index (χ2n) is 4.62. The van der Waals surface area contributed by atoms with Gasteiger partial charge in [-0.3, -0.25) is 0 Å². The first-order chi connectivity index (χ1) is 8.60. The largest absolute Gasteiger partial charge is 0.475 e. The van der Waals surface area contributed by atoms with Gasteiger partial charge in [0.05, 0.1) is 6.10 Å². The summed E-state index contributed by atoms with van der Waals surface area (Å²) in [6, 6.07) is 2.05. The van der Waals surface area contributed by atoms with Crippen LogP contribution in [0.1, 0.15) is 41.6 Å². The summed E-state index contributed by atoms with van der Waals surface area (Å²) in [7, 11) is 0. The Morgan fingerprint density at radius 2 is 2.33 bits per heavy atom. The van der Waals surface area contributed by atoms with Gasteiger partial charge in [0.1, 0.15) is 5.76 Å². The van der Waals surface area contributed by atoms with Gasteiger partial charge in [-0.1, -0.05) is 0 Å². The van der Waals surface area contributed by atoms with Crippen LogP contribution in [0, 0.1) is 6.92 Å². The number of carboxylic acid groups (broad SMARTS) is 1. The number of carboxylic acids is 1. The third kappa shape index (κ3) is 2.91. The molecule has 2 rings (SSSR count). The van der Waals surface area contributed by atoms with Crippen molar-refractivity contribution in [1.82, 2.24) is 5.32 Å². The molecule has 1 heterocycles. The molecule has 0 amide bonds. The van der Waals surface area contributed by atoms with Gasteiger partial charge in [-0.2, -0.15) is 0 Å². The smallest absolute Gasteiger partial charge is 0.371 e. The molecule has 2 N–H and O–H groups in total. The van der Waals surface area contributed by atoms with Crippen LogP contribution >= 0.6 is 0 Å². The summed E-state index contributed by atoms with van der Waals surface area (Å²) < 4.78 is 10.6. The van der Waals surface area contributed by atoms with E-state index in [-0.39, 0.29) is 5.76 Å². The molecule has 18 heavy (non-hydrogen) atoms. The summed E-state index contributed by atoms with van der Waals surface area (Å²) in [5, 5.41) is 12.2. The number of aryl methyl sites for hydroxylation is 1. The van der Waals surface area contributed by atoms with E-state index in [1.807, 2.05) is 6.92 Å². The maximum Gasteiger partial charge on any atom is 0.371 e. The van der Waals surface area contributed by atoms with Crippen molar-refractivity contribution in [3.05, 3.63) is 23.2 Å². The Morgan fingerprint density at radius 1 is 1.61 bits per heavy atom. The summed E-state index contributed by atoms with van der Waals surface area (Å²) in [5.41, 5.74) is 0.909. The Hall–Kier alpha value is -1.33. The highest BCUT2D eigenvalue weighted by atomic mass is 16.5. The average Bonchev–Trinajstić information content (AvgIpc) is 2.63. The van der Waals surface area contributed by atoms with Crippen molar-refractivity contribution < 1.29 is 19.1 Å². The predicted molar refractivity (Wildman–Crippen MR) is 65.7 cm³/mol. The zero-order chi connectivity index (χ0) is 13.1. The van der Waals surface area contributed by atoms with Crippen LogP contribution < -0.4 is 5.32 Å². The SMILES string of the molecule is CCOC1CC(NCc2cc(C(=O)O)oc2C)C1. The number of hydrogen-bond acceptors (Lipinski definition) is 4. The lowest BCUT2D eigenvalue weighted by Gasteiger charge is -2.35. The van der Waals surface area contributed by atoms with E-state index in [1.54, 1.807) is 13.0 Å². The highest BCUT2D eigenvalue weighted by Crippen LogP contribution is 2.24. The third-order valence-corrected chi connectivity index (χ3v) is 3.31. The van der Waals surface area contributed by atoms with E-state index in [1.165, 1.54) is 0 Å². The van der Waals surface area contributed by atoms with Crippen molar-refractivity contribution >= 4 is 5.97 Å². The van der Waals surface area contributed by atoms with Crippen LogP contribution in [-0.4, -0.2) is 29.8 Å². The number of nitrogens with one attached hydrogen (secondary N) is 1. The van der Waals surface area contributed by atoms with Gasteiger partial charge in [0, 0.05) is 24.8 Å². The number of hydrogen-bond donors (Lipinski definition) is 2. The number of aromatic carboxylic acids is 1. The first kappa shape index (κ1) is 13.1. The molecule has 1 aromatic heterocycles. The molecule has 0 spiro atoms. The van der Waals surface area contributed by atoms with Crippen molar-refractivity contribution in [2.45, 2.75) is 45.4 Å². The zero-order valence-electron chi connectivity index (χ0n) is 10.7. The first-order valence-electron chi connectivity index (χ1n) is 6.27. The maximum absolute atomic E-state index is 10.8. The van der Waals surface area contributed by atoms with Crippen LogP contribution in [0.15, 0.2) is 10.5 Å². The molecule has 1 aromatic rings. The van der Waals surface area contributed by atoms with Crippen LogP contribution in [0.3, 0.4) is 0 Å². The molecule has 5 nitrogen and oxygen atoms in total. The molecule has 0 radical (unpaired) electrons. The average molecular weight is 253 g/mol. The fourth-order valence-electron chi connectivity index (χ4n) is 2.16. The minimum atomic E-state index is -1.02. The highest BCUT2D eigenvalue weighted by molar-refractivity contribution is 5.84. The Labute approximate surface area is 106 Å². The Kier molecular flexibility index (Phi) is 4.04. The molecular weight excluding hydrogens is 234 g/mol. The van der Waals surface area contributed by atoms with Gasteiger partial charge < -0.3 is 19.6 Å². The zero-order valence-corrected chi connectivity index (χ0v) is 10.7. The number of rotatable bonds is 6. The second kappa shape index (κ2) is 5.54. The molecule has 0 bridgehead atoms. The quantitative estimate of drug-likeness (QED) is 0.810. The maximum atomic E-state index is 10.8. The van der Waals surface area contributed by atoms with Crippen LogP contribution in [0.4, 0.5) is 0 Å². The van der Waals surface area contributed by atoms with Gasteiger partial charge in [-0.15, -0.1) is 0 Å². The van der Waals surface area contributed by atoms with Crippen molar-refractivity contribution in [3.63, 3.8) is 0 Å². The van der Waals surface area contributed by atoms with Crippen molar-refractivity contribution in [3.8, 4) is 0 Å². The van der Waals surface area contributed by atoms with Gasteiger partial charge in [0.15, 0.2) is 0 Å². The molecule has 0 aliphatic heterocycles. The molecule has 0 atom stereocenters. The van der Waals surface area contributed by atoms with E-state index in [0.29, 0.717) is 24.5 Å². The van der Waals surface area contributed by atoms with Crippen LogP contribution in [0.5, 0.6) is 0 Å². The lowest BCUT2D eigenvalue weighted by molar-refractivity contribution is -0.0102. The van der Waals surface area contributed by atoms with E-state index < -0.39 is 5.97 Å². The van der Waals surface area contributed by atoms with Crippen molar-refractivity contribution in [1.29, 1.82) is 0 Å². The van der Waals surface area contributed by atoms with Gasteiger partial charge in [0.2, 0.25) is 5.76 Å². The minimum Gasteiger partial charge on any atom is -0.475 e. The monoisotopic (exact) mass is 253 g/mol. The molecule has 0 aromatic carbocycles. The van der Waals surface area contributed by atoms with Crippen molar-refractivity contribution in [2.75, 3.05) is 6.61 Å². The number of carbonyl (C=O) groups is 1. The summed E-state index contributed by atoms with van der Waals surface area (Å²) >= 11 is 0. The van der Waals surface area contributed by atoms with Gasteiger partial charge in [-0.25, -0.2) is 4.79 Å². The lowest BCUT2D eigenvalue weighted by Crippen LogP contribution is -2.45. The lowest BCUT2D eigenvalue weighted by atomic mass is 9.89. The van der Waals surface area contributed by atoms with Gasteiger partial charge in [-0.05, 0) is 32.8 Å². The molecule has 1 aliphatic carbocycles. The molecule has 100 valence electrons. The normalized spacial score (nSPS) is 22.8. The summed E-state index contributed by atoms with van der Waals surface area (Å²) in [5.74, 6) is -0.352. The van der Waals surface area contributed by atoms with Gasteiger partial charge >= 0.3 is 5.97 Å². The Morgan fingerprint density at radius 3 is 2.89 bits per heavy atom. The third-order valence-electron chi connectivity index (χ3n) is 3.31. The molecule has 0 unspecified atom stereocenters. The first-order valence-corrected chi connectivity index (χ1v) is 6.27. The molecular formula is C13H19NO4. The Balaban J connectivity index is 1.79. The topological polar surface area (TPSA) is 71.7 Å². The molecule has 1 saturated carbocycles. The van der Waals surface area contributed by atoms with E-state index in [0.717, 1.165) is 25.0 Å². The second-order valence-corrected chi connectivity index (χ2v) is 4.62. The van der Waals surface area contributed by atoms with Gasteiger partial charge in [0.25, 0.3) is 0 Å².